The summed E-state index contributed by atoms with van der Waals surface area (Å²) in [4.78, 5) is 25.4. The van der Waals surface area contributed by atoms with Gasteiger partial charge in [-0.15, -0.1) is 0 Å². The Kier molecular flexibility index (Phi) is 5.65. The van der Waals surface area contributed by atoms with E-state index in [-0.39, 0.29) is 23.5 Å². The summed E-state index contributed by atoms with van der Waals surface area (Å²) in [6, 6.07) is 17.6. The van der Waals surface area contributed by atoms with Crippen LogP contribution in [0.5, 0.6) is 0 Å². The maximum Gasteiger partial charge on any atom is 0.257 e. The lowest BCUT2D eigenvalue weighted by molar-refractivity contribution is -0.117. The summed E-state index contributed by atoms with van der Waals surface area (Å²) in [7, 11) is -3.37. The van der Waals surface area contributed by atoms with Gasteiger partial charge in [-0.1, -0.05) is 24.3 Å². The van der Waals surface area contributed by atoms with E-state index in [0.29, 0.717) is 22.6 Å². The Morgan fingerprint density at radius 2 is 1.52 bits per heavy atom. The quantitative estimate of drug-likeness (QED) is 0.515. The highest BCUT2D eigenvalue weighted by molar-refractivity contribution is 7.92. The highest BCUT2D eigenvalue weighted by Crippen LogP contribution is 2.32. The van der Waals surface area contributed by atoms with E-state index in [2.05, 4.69) is 15.4 Å². The van der Waals surface area contributed by atoms with Gasteiger partial charge in [-0.3, -0.25) is 14.3 Å². The molecule has 1 aliphatic rings. The number of carbonyl (C=O) groups is 2. The van der Waals surface area contributed by atoms with Crippen molar-refractivity contribution in [2.24, 2.45) is 5.92 Å². The van der Waals surface area contributed by atoms with Crippen LogP contribution < -0.4 is 15.4 Å². The van der Waals surface area contributed by atoms with Crippen LogP contribution in [0.15, 0.2) is 60.7 Å². The topological polar surface area (TPSA) is 104 Å². The van der Waals surface area contributed by atoms with E-state index in [4.69, 9.17) is 0 Å². The van der Waals surface area contributed by atoms with Crippen molar-refractivity contribution >= 4 is 49.7 Å². The Hall–Kier alpha value is -3.39. The average Bonchev–Trinajstić information content (AvgIpc) is 3.60. The molecule has 0 atom stereocenters. The molecule has 1 fully saturated rings. The molecular formula is C23H23N3O4S. The predicted molar refractivity (Wildman–Crippen MR) is 123 cm³/mol. The third-order valence-corrected chi connectivity index (χ3v) is 6.44. The van der Waals surface area contributed by atoms with Crippen LogP contribution in [-0.4, -0.2) is 26.0 Å². The van der Waals surface area contributed by atoms with Crippen molar-refractivity contribution in [2.75, 3.05) is 21.1 Å². The molecule has 0 heterocycles. The molecule has 31 heavy (non-hydrogen) atoms. The summed E-state index contributed by atoms with van der Waals surface area (Å²) in [6.45, 7) is 1.56. The summed E-state index contributed by atoms with van der Waals surface area (Å²) >= 11 is 0. The van der Waals surface area contributed by atoms with Crippen molar-refractivity contribution in [2.45, 2.75) is 19.8 Å². The lowest BCUT2D eigenvalue weighted by atomic mass is 10.0. The zero-order valence-corrected chi connectivity index (χ0v) is 17.8. The minimum atomic E-state index is -3.37. The van der Waals surface area contributed by atoms with Gasteiger partial charge < -0.3 is 10.6 Å². The molecule has 3 aromatic carbocycles. The van der Waals surface area contributed by atoms with Crippen LogP contribution in [0, 0.1) is 5.92 Å². The van der Waals surface area contributed by atoms with Crippen molar-refractivity contribution in [3.8, 4) is 0 Å². The molecular weight excluding hydrogens is 414 g/mol. The zero-order valence-electron chi connectivity index (χ0n) is 17.0. The van der Waals surface area contributed by atoms with Crippen LogP contribution >= 0.6 is 0 Å². The van der Waals surface area contributed by atoms with Crippen LogP contribution in [-0.2, 0) is 14.8 Å². The first-order valence-corrected chi connectivity index (χ1v) is 11.8. The molecule has 160 valence electrons. The second-order valence-electron chi connectivity index (χ2n) is 7.55. The van der Waals surface area contributed by atoms with Crippen molar-refractivity contribution in [1.29, 1.82) is 0 Å². The van der Waals surface area contributed by atoms with Crippen LogP contribution in [0.3, 0.4) is 0 Å². The summed E-state index contributed by atoms with van der Waals surface area (Å²) in [6.07, 6.45) is 1.74. The van der Waals surface area contributed by atoms with Gasteiger partial charge in [0.15, 0.2) is 0 Å². The normalized spacial score (nSPS) is 13.6. The number of benzene rings is 3. The molecule has 1 saturated carbocycles. The number of hydrogen-bond acceptors (Lipinski definition) is 4. The predicted octanol–water partition coefficient (Wildman–Crippen LogP) is 4.20. The molecule has 8 heteroatoms. The standard InChI is InChI=1S/C23H23N3O4S/c1-2-31(29,30)26-19-11-9-18(10-12-19)24-23(28)20-13-16-5-3-4-6-17(16)14-21(20)25-22(27)15-7-8-15/h3-6,9-15,26H,2,7-8H2,1H3,(H,24,28)(H,25,27). The molecule has 0 radical (unpaired) electrons. The lowest BCUT2D eigenvalue weighted by Crippen LogP contribution is -2.19. The van der Waals surface area contributed by atoms with Crippen molar-refractivity contribution in [3.05, 3.63) is 66.2 Å². The van der Waals surface area contributed by atoms with Gasteiger partial charge in [0.2, 0.25) is 15.9 Å². The Labute approximate surface area is 180 Å². The highest BCUT2D eigenvalue weighted by atomic mass is 32.2. The first-order valence-electron chi connectivity index (χ1n) is 10.1. The lowest BCUT2D eigenvalue weighted by Gasteiger charge is -2.14. The molecule has 3 aromatic rings. The third-order valence-electron chi connectivity index (χ3n) is 5.13. The van der Waals surface area contributed by atoms with Crippen molar-refractivity contribution < 1.29 is 18.0 Å². The molecule has 0 bridgehead atoms. The molecule has 0 aliphatic heterocycles. The highest BCUT2D eigenvalue weighted by Gasteiger charge is 2.30. The van der Waals surface area contributed by atoms with Gasteiger partial charge in [-0.25, -0.2) is 8.42 Å². The number of anilines is 3. The summed E-state index contributed by atoms with van der Waals surface area (Å²) in [5, 5.41) is 7.53. The zero-order chi connectivity index (χ0) is 22.0. The number of fused-ring (bicyclic) bond motifs is 1. The maximum atomic E-state index is 13.0. The molecule has 0 spiro atoms. The smallest absolute Gasteiger partial charge is 0.257 e. The Bertz CT molecular complexity index is 1250. The van der Waals surface area contributed by atoms with E-state index in [1.54, 1.807) is 37.3 Å². The minimum Gasteiger partial charge on any atom is -0.325 e. The molecule has 3 N–H and O–H groups in total. The minimum absolute atomic E-state index is 0.0156. The molecule has 4 rings (SSSR count). The van der Waals surface area contributed by atoms with E-state index in [1.165, 1.54) is 0 Å². The number of sulfonamides is 1. The molecule has 0 unspecified atom stereocenters. The molecule has 7 nitrogen and oxygen atoms in total. The monoisotopic (exact) mass is 437 g/mol. The molecule has 2 amide bonds. The summed E-state index contributed by atoms with van der Waals surface area (Å²) in [5.74, 6) is -0.444. The number of nitrogens with one attached hydrogen (secondary N) is 3. The van der Waals surface area contributed by atoms with E-state index < -0.39 is 10.0 Å². The fourth-order valence-corrected chi connectivity index (χ4v) is 3.82. The summed E-state index contributed by atoms with van der Waals surface area (Å²) < 4.78 is 25.8. The van der Waals surface area contributed by atoms with E-state index in [1.807, 2.05) is 30.3 Å². The van der Waals surface area contributed by atoms with Gasteiger partial charge in [0.25, 0.3) is 5.91 Å². The van der Waals surface area contributed by atoms with Crippen LogP contribution in [0.2, 0.25) is 0 Å². The molecule has 0 aromatic heterocycles. The third kappa shape index (κ3) is 5.03. The summed E-state index contributed by atoms with van der Waals surface area (Å²) in [5.41, 5.74) is 1.77. The number of rotatable bonds is 7. The number of amides is 2. The van der Waals surface area contributed by atoms with E-state index >= 15 is 0 Å². The first-order chi connectivity index (χ1) is 14.8. The van der Waals surface area contributed by atoms with Crippen LogP contribution in [0.1, 0.15) is 30.1 Å². The number of carbonyl (C=O) groups excluding carboxylic acids is 2. The van der Waals surface area contributed by atoms with Crippen LogP contribution in [0.4, 0.5) is 17.1 Å². The molecule has 1 aliphatic carbocycles. The van der Waals surface area contributed by atoms with Gasteiger partial charge in [0.1, 0.15) is 0 Å². The van der Waals surface area contributed by atoms with Crippen molar-refractivity contribution in [3.63, 3.8) is 0 Å². The maximum absolute atomic E-state index is 13.0. The molecule has 0 saturated heterocycles. The fraction of sp³-hybridized carbons (Fsp3) is 0.217. The Balaban J connectivity index is 1.58. The SMILES string of the molecule is CCS(=O)(=O)Nc1ccc(NC(=O)c2cc3ccccc3cc2NC(=O)C2CC2)cc1. The largest absolute Gasteiger partial charge is 0.325 e. The first kappa shape index (κ1) is 20.9. The van der Waals surface area contributed by atoms with Crippen LogP contribution in [0.25, 0.3) is 10.8 Å². The Morgan fingerprint density at radius 1 is 0.903 bits per heavy atom. The van der Waals surface area contributed by atoms with Gasteiger partial charge >= 0.3 is 0 Å². The fourth-order valence-electron chi connectivity index (χ4n) is 3.18. The average molecular weight is 438 g/mol. The van der Waals surface area contributed by atoms with Crippen molar-refractivity contribution in [1.82, 2.24) is 0 Å². The second-order valence-corrected chi connectivity index (χ2v) is 9.56. The van der Waals surface area contributed by atoms with Gasteiger partial charge in [0.05, 0.1) is 17.0 Å². The Morgan fingerprint density at radius 3 is 2.13 bits per heavy atom. The van der Waals surface area contributed by atoms with E-state index in [9.17, 15) is 18.0 Å². The van der Waals surface area contributed by atoms with Gasteiger partial charge in [-0.05, 0) is 66.9 Å². The van der Waals surface area contributed by atoms with Gasteiger partial charge in [-0.2, -0.15) is 0 Å². The van der Waals surface area contributed by atoms with E-state index in [0.717, 1.165) is 23.6 Å². The van der Waals surface area contributed by atoms with Gasteiger partial charge in [0, 0.05) is 17.3 Å². The second kappa shape index (κ2) is 8.39. The number of hydrogen-bond donors (Lipinski definition) is 3.